The van der Waals surface area contributed by atoms with Crippen molar-refractivity contribution in [1.82, 2.24) is 9.97 Å². The van der Waals surface area contributed by atoms with E-state index in [1.165, 1.54) is 12.4 Å². The highest BCUT2D eigenvalue weighted by atomic mass is 16.5. The van der Waals surface area contributed by atoms with Crippen molar-refractivity contribution in [2.24, 2.45) is 0 Å². The van der Waals surface area contributed by atoms with Gasteiger partial charge in [0, 0.05) is 0 Å². The molecule has 1 rings (SSSR count). The Kier molecular flexibility index (Phi) is 3.19. The number of aromatic carboxylic acids is 1. The predicted octanol–water partition coefficient (Wildman–Crippen LogP) is 0.964. The molecular formula is C8H10N2O3. The molecule has 1 heterocycles. The first kappa shape index (κ1) is 9.44. The van der Waals surface area contributed by atoms with Crippen LogP contribution in [-0.2, 0) is 0 Å². The maximum absolute atomic E-state index is 10.4. The van der Waals surface area contributed by atoms with Crippen LogP contribution in [0.1, 0.15) is 23.8 Å². The third-order valence-corrected chi connectivity index (χ3v) is 1.30. The lowest BCUT2D eigenvalue weighted by Crippen LogP contribution is -2.03. The van der Waals surface area contributed by atoms with Gasteiger partial charge < -0.3 is 9.84 Å². The predicted molar refractivity (Wildman–Crippen MR) is 44.8 cm³/mol. The van der Waals surface area contributed by atoms with Crippen LogP contribution in [0, 0.1) is 0 Å². The molecule has 70 valence electrons. The van der Waals surface area contributed by atoms with Crippen LogP contribution in [0.4, 0.5) is 0 Å². The Morgan fingerprint density at radius 3 is 2.77 bits per heavy atom. The summed E-state index contributed by atoms with van der Waals surface area (Å²) in [6.45, 7) is 2.53. The van der Waals surface area contributed by atoms with E-state index >= 15 is 0 Å². The van der Waals surface area contributed by atoms with E-state index in [4.69, 9.17) is 9.84 Å². The van der Waals surface area contributed by atoms with Crippen molar-refractivity contribution in [1.29, 1.82) is 0 Å². The van der Waals surface area contributed by atoms with Crippen molar-refractivity contribution in [2.75, 3.05) is 6.61 Å². The van der Waals surface area contributed by atoms with E-state index in [-0.39, 0.29) is 5.69 Å². The summed E-state index contributed by atoms with van der Waals surface area (Å²) in [6, 6.07) is 0. The third kappa shape index (κ3) is 2.70. The molecule has 1 aromatic rings. The number of carbonyl (C=O) groups is 1. The smallest absolute Gasteiger partial charge is 0.356 e. The molecule has 0 spiro atoms. The molecule has 0 aromatic carbocycles. The summed E-state index contributed by atoms with van der Waals surface area (Å²) in [6.07, 6.45) is 3.36. The number of nitrogens with zero attached hydrogens (tertiary/aromatic N) is 2. The first-order valence-electron chi connectivity index (χ1n) is 3.92. The molecule has 1 N–H and O–H groups in total. The fourth-order valence-corrected chi connectivity index (χ4v) is 0.708. The summed E-state index contributed by atoms with van der Waals surface area (Å²) in [7, 11) is 0. The van der Waals surface area contributed by atoms with Gasteiger partial charge in [-0.2, -0.15) is 0 Å². The minimum atomic E-state index is -1.09. The molecule has 0 amide bonds. The molecule has 0 saturated heterocycles. The van der Waals surface area contributed by atoms with Crippen LogP contribution in [0.3, 0.4) is 0 Å². The lowest BCUT2D eigenvalue weighted by molar-refractivity contribution is 0.0690. The molecule has 0 bridgehead atoms. The Morgan fingerprint density at radius 1 is 1.54 bits per heavy atom. The monoisotopic (exact) mass is 182 g/mol. The van der Waals surface area contributed by atoms with E-state index in [9.17, 15) is 4.79 Å². The maximum atomic E-state index is 10.4. The van der Waals surface area contributed by atoms with Gasteiger partial charge in [0.15, 0.2) is 5.69 Å². The van der Waals surface area contributed by atoms with Gasteiger partial charge in [-0.1, -0.05) is 6.92 Å². The van der Waals surface area contributed by atoms with Gasteiger partial charge in [0.1, 0.15) is 0 Å². The van der Waals surface area contributed by atoms with Crippen LogP contribution in [0.2, 0.25) is 0 Å². The second-order valence-corrected chi connectivity index (χ2v) is 2.39. The van der Waals surface area contributed by atoms with Gasteiger partial charge in [0.05, 0.1) is 19.0 Å². The molecule has 0 radical (unpaired) electrons. The van der Waals surface area contributed by atoms with Gasteiger partial charge in [-0.05, 0) is 6.42 Å². The number of carboxylic acids is 1. The molecule has 0 aliphatic carbocycles. The topological polar surface area (TPSA) is 72.3 Å². The number of aromatic nitrogens is 2. The van der Waals surface area contributed by atoms with Crippen molar-refractivity contribution in [3.05, 3.63) is 18.1 Å². The zero-order valence-corrected chi connectivity index (χ0v) is 7.23. The van der Waals surface area contributed by atoms with Crippen molar-refractivity contribution in [3.8, 4) is 5.88 Å². The van der Waals surface area contributed by atoms with Crippen molar-refractivity contribution < 1.29 is 14.6 Å². The number of carboxylic acid groups (broad SMARTS) is 1. The first-order chi connectivity index (χ1) is 6.24. The molecular weight excluding hydrogens is 172 g/mol. The summed E-state index contributed by atoms with van der Waals surface area (Å²) < 4.78 is 5.12. The van der Waals surface area contributed by atoms with E-state index in [0.717, 1.165) is 6.42 Å². The van der Waals surface area contributed by atoms with Gasteiger partial charge in [-0.25, -0.2) is 14.8 Å². The maximum Gasteiger partial charge on any atom is 0.356 e. The molecule has 5 nitrogen and oxygen atoms in total. The van der Waals surface area contributed by atoms with Crippen LogP contribution in [0.5, 0.6) is 5.88 Å². The average molecular weight is 182 g/mol. The largest absolute Gasteiger partial charge is 0.477 e. The molecule has 5 heteroatoms. The lowest BCUT2D eigenvalue weighted by Gasteiger charge is -2.01. The molecule has 0 saturated carbocycles. The van der Waals surface area contributed by atoms with E-state index in [1.807, 2.05) is 6.92 Å². The molecule has 1 aromatic heterocycles. The van der Waals surface area contributed by atoms with E-state index in [1.54, 1.807) is 0 Å². The molecule has 0 aliphatic heterocycles. The highest BCUT2D eigenvalue weighted by Crippen LogP contribution is 2.03. The minimum Gasteiger partial charge on any atom is -0.477 e. The quantitative estimate of drug-likeness (QED) is 0.750. The molecule has 13 heavy (non-hydrogen) atoms. The molecule has 0 aliphatic rings. The van der Waals surface area contributed by atoms with E-state index in [0.29, 0.717) is 12.5 Å². The molecule has 0 fully saturated rings. The van der Waals surface area contributed by atoms with Gasteiger partial charge in [0.2, 0.25) is 5.88 Å². The minimum absolute atomic E-state index is 0.0798. The van der Waals surface area contributed by atoms with Crippen molar-refractivity contribution in [3.63, 3.8) is 0 Å². The van der Waals surface area contributed by atoms with Gasteiger partial charge in [-0.3, -0.25) is 0 Å². The number of rotatable bonds is 4. The fourth-order valence-electron chi connectivity index (χ4n) is 0.708. The summed E-state index contributed by atoms with van der Waals surface area (Å²) in [5.74, 6) is -0.735. The van der Waals surface area contributed by atoms with Crippen LogP contribution in [0.15, 0.2) is 12.4 Å². The standard InChI is InChI=1S/C8H10N2O3/c1-2-3-13-7-5-9-6(4-10-7)8(11)12/h4-5H,2-3H2,1H3,(H,11,12). The van der Waals surface area contributed by atoms with E-state index in [2.05, 4.69) is 9.97 Å². The summed E-state index contributed by atoms with van der Waals surface area (Å²) >= 11 is 0. The fraction of sp³-hybridized carbons (Fsp3) is 0.375. The SMILES string of the molecule is CCCOc1cnc(C(=O)O)cn1. The van der Waals surface area contributed by atoms with E-state index < -0.39 is 5.97 Å². The molecule has 0 unspecified atom stereocenters. The Hall–Kier alpha value is -1.65. The number of hydrogen-bond donors (Lipinski definition) is 1. The van der Waals surface area contributed by atoms with Gasteiger partial charge in [0.25, 0.3) is 0 Å². The van der Waals surface area contributed by atoms with Gasteiger partial charge >= 0.3 is 5.97 Å². The normalized spacial score (nSPS) is 9.62. The van der Waals surface area contributed by atoms with Crippen LogP contribution >= 0.6 is 0 Å². The van der Waals surface area contributed by atoms with Crippen molar-refractivity contribution in [2.45, 2.75) is 13.3 Å². The number of hydrogen-bond acceptors (Lipinski definition) is 4. The molecule has 0 atom stereocenters. The lowest BCUT2D eigenvalue weighted by atomic mass is 10.5. The second-order valence-electron chi connectivity index (χ2n) is 2.39. The van der Waals surface area contributed by atoms with Crippen LogP contribution in [-0.4, -0.2) is 27.7 Å². The Balaban J connectivity index is 2.64. The summed E-state index contributed by atoms with van der Waals surface area (Å²) in [5, 5.41) is 8.51. The Bertz CT molecular complexity index is 284. The zero-order valence-electron chi connectivity index (χ0n) is 7.23. The van der Waals surface area contributed by atoms with Crippen LogP contribution < -0.4 is 4.74 Å². The summed E-state index contributed by atoms with van der Waals surface area (Å²) in [5.41, 5.74) is -0.0798. The first-order valence-corrected chi connectivity index (χ1v) is 3.92. The highest BCUT2D eigenvalue weighted by molar-refractivity contribution is 5.84. The number of ether oxygens (including phenoxy) is 1. The second kappa shape index (κ2) is 4.39. The Morgan fingerprint density at radius 2 is 2.31 bits per heavy atom. The van der Waals surface area contributed by atoms with Crippen molar-refractivity contribution >= 4 is 5.97 Å². The summed E-state index contributed by atoms with van der Waals surface area (Å²) in [4.78, 5) is 17.8. The van der Waals surface area contributed by atoms with Crippen LogP contribution in [0.25, 0.3) is 0 Å². The average Bonchev–Trinajstić information content (AvgIpc) is 2.15. The van der Waals surface area contributed by atoms with Gasteiger partial charge in [-0.15, -0.1) is 0 Å². The Labute approximate surface area is 75.4 Å². The zero-order chi connectivity index (χ0) is 9.68. The highest BCUT2D eigenvalue weighted by Gasteiger charge is 2.04. The third-order valence-electron chi connectivity index (χ3n) is 1.30.